The minimum atomic E-state index is -0.136. The van der Waals surface area contributed by atoms with E-state index in [2.05, 4.69) is 13.0 Å². The SMILES string of the molecule is CC(=O)OC1CCC2C3CCc4cc(O)ccc4C3CCC12C.O=Cc1ccc(-c2ccc(SF)cc2)cc1. The molecule has 6 heteroatoms. The molecule has 0 aliphatic heterocycles. The first kappa shape index (κ1) is 27.4. The topological polar surface area (TPSA) is 63.6 Å². The van der Waals surface area contributed by atoms with Crippen LogP contribution in [0.4, 0.5) is 3.89 Å². The fraction of sp³-hybridized carbons (Fsp3) is 0.394. The number of benzene rings is 3. The molecule has 6 rings (SSSR count). The van der Waals surface area contributed by atoms with Gasteiger partial charge in [-0.1, -0.05) is 49.4 Å². The first-order chi connectivity index (χ1) is 18.8. The second kappa shape index (κ2) is 11.5. The number of aldehydes is 1. The molecule has 4 nitrogen and oxygen atoms in total. The van der Waals surface area contributed by atoms with E-state index in [1.54, 1.807) is 24.3 Å². The summed E-state index contributed by atoms with van der Waals surface area (Å²) < 4.78 is 17.9. The zero-order valence-electron chi connectivity index (χ0n) is 22.4. The van der Waals surface area contributed by atoms with E-state index in [0.29, 0.717) is 34.0 Å². The summed E-state index contributed by atoms with van der Waals surface area (Å²) in [7, 11) is 0. The summed E-state index contributed by atoms with van der Waals surface area (Å²) >= 11 is 0.232. The monoisotopic (exact) mass is 546 g/mol. The number of carbonyl (C=O) groups excluding carboxylic acids is 2. The summed E-state index contributed by atoms with van der Waals surface area (Å²) in [5.41, 5.74) is 5.62. The van der Waals surface area contributed by atoms with Gasteiger partial charge in [-0.2, -0.15) is 3.89 Å². The number of ether oxygens (including phenoxy) is 1. The third-order valence-corrected chi connectivity index (χ3v) is 9.71. The van der Waals surface area contributed by atoms with Gasteiger partial charge in [-0.3, -0.25) is 9.59 Å². The number of fused-ring (bicyclic) bond motifs is 5. The van der Waals surface area contributed by atoms with Crippen molar-refractivity contribution in [1.29, 1.82) is 0 Å². The third-order valence-electron chi connectivity index (χ3n) is 9.25. The Morgan fingerprint density at radius 1 is 1.00 bits per heavy atom. The molecule has 0 bridgehead atoms. The van der Waals surface area contributed by atoms with E-state index in [1.165, 1.54) is 37.3 Å². The molecule has 0 heterocycles. The van der Waals surface area contributed by atoms with Crippen LogP contribution >= 0.6 is 12.1 Å². The Morgan fingerprint density at radius 2 is 1.69 bits per heavy atom. The van der Waals surface area contributed by atoms with E-state index in [4.69, 9.17) is 4.74 Å². The highest BCUT2D eigenvalue weighted by Gasteiger charge is 2.56. The molecule has 3 aliphatic rings. The van der Waals surface area contributed by atoms with Gasteiger partial charge in [-0.05, 0) is 103 Å². The van der Waals surface area contributed by atoms with Crippen molar-refractivity contribution in [3.8, 4) is 16.9 Å². The van der Waals surface area contributed by atoms with Crippen molar-refractivity contribution in [1.82, 2.24) is 0 Å². The molecule has 2 saturated carbocycles. The molecule has 3 aromatic rings. The van der Waals surface area contributed by atoms with E-state index in [1.807, 2.05) is 36.4 Å². The lowest BCUT2D eigenvalue weighted by Crippen LogP contribution is -2.45. The minimum Gasteiger partial charge on any atom is -0.508 e. The lowest BCUT2D eigenvalue weighted by atomic mass is 9.55. The van der Waals surface area contributed by atoms with Crippen LogP contribution in [0.15, 0.2) is 71.6 Å². The second-order valence-electron chi connectivity index (χ2n) is 11.4. The lowest BCUT2D eigenvalue weighted by molar-refractivity contribution is -0.154. The highest BCUT2D eigenvalue weighted by molar-refractivity contribution is 7.94. The van der Waals surface area contributed by atoms with Crippen molar-refractivity contribution in [2.75, 3.05) is 0 Å². The maximum absolute atomic E-state index is 12.2. The summed E-state index contributed by atoms with van der Waals surface area (Å²) in [4.78, 5) is 22.5. The van der Waals surface area contributed by atoms with Gasteiger partial charge in [0.15, 0.2) is 0 Å². The van der Waals surface area contributed by atoms with Crippen molar-refractivity contribution < 1.29 is 23.3 Å². The second-order valence-corrected chi connectivity index (χ2v) is 12.0. The summed E-state index contributed by atoms with van der Waals surface area (Å²) in [6.07, 6.45) is 7.70. The molecule has 5 unspecified atom stereocenters. The van der Waals surface area contributed by atoms with Gasteiger partial charge in [0, 0.05) is 22.8 Å². The van der Waals surface area contributed by atoms with E-state index in [0.717, 1.165) is 36.7 Å². The maximum atomic E-state index is 12.2. The molecule has 204 valence electrons. The number of esters is 1. The first-order valence-corrected chi connectivity index (χ1v) is 14.5. The zero-order chi connectivity index (χ0) is 27.6. The molecule has 3 aliphatic carbocycles. The van der Waals surface area contributed by atoms with E-state index >= 15 is 0 Å². The van der Waals surface area contributed by atoms with Gasteiger partial charge >= 0.3 is 5.97 Å². The summed E-state index contributed by atoms with van der Waals surface area (Å²) in [5, 5.41) is 9.75. The average molecular weight is 547 g/mol. The number of hydrogen-bond acceptors (Lipinski definition) is 5. The molecule has 39 heavy (non-hydrogen) atoms. The molecule has 0 spiro atoms. The van der Waals surface area contributed by atoms with Crippen molar-refractivity contribution in [3.05, 3.63) is 83.4 Å². The van der Waals surface area contributed by atoms with E-state index in [9.17, 15) is 18.6 Å². The maximum Gasteiger partial charge on any atom is 0.302 e. The van der Waals surface area contributed by atoms with Crippen LogP contribution in [-0.4, -0.2) is 23.5 Å². The van der Waals surface area contributed by atoms with Crippen LogP contribution in [0.5, 0.6) is 5.75 Å². The van der Waals surface area contributed by atoms with Gasteiger partial charge in [0.1, 0.15) is 18.1 Å². The Morgan fingerprint density at radius 3 is 2.33 bits per heavy atom. The van der Waals surface area contributed by atoms with Crippen LogP contribution in [0.2, 0.25) is 0 Å². The number of halogens is 1. The Bertz CT molecular complexity index is 1320. The van der Waals surface area contributed by atoms with Gasteiger partial charge in [0.05, 0.1) is 12.1 Å². The quantitative estimate of drug-likeness (QED) is 0.263. The molecular weight excluding hydrogens is 511 g/mol. The highest BCUT2D eigenvalue weighted by Crippen LogP contribution is 2.61. The first-order valence-electron chi connectivity index (χ1n) is 13.8. The minimum absolute atomic E-state index is 0.104. The molecule has 0 aromatic heterocycles. The van der Waals surface area contributed by atoms with E-state index < -0.39 is 0 Å². The predicted molar refractivity (Wildman–Crippen MR) is 153 cm³/mol. The van der Waals surface area contributed by atoms with Crippen LogP contribution < -0.4 is 0 Å². The number of hydrogen-bond donors (Lipinski definition) is 1. The average Bonchev–Trinajstić information content (AvgIpc) is 3.28. The number of aromatic hydroxyl groups is 1. The fourth-order valence-electron chi connectivity index (χ4n) is 7.37. The number of rotatable bonds is 4. The summed E-state index contributed by atoms with van der Waals surface area (Å²) in [6.45, 7) is 3.88. The molecular formula is C33H35FO4S. The highest BCUT2D eigenvalue weighted by atomic mass is 32.2. The Balaban J connectivity index is 0.000000169. The molecule has 3 aromatic carbocycles. The summed E-state index contributed by atoms with van der Waals surface area (Å²) in [6, 6.07) is 20.4. The van der Waals surface area contributed by atoms with E-state index in [-0.39, 0.29) is 29.6 Å². The fourth-order valence-corrected chi connectivity index (χ4v) is 7.61. The van der Waals surface area contributed by atoms with Crippen LogP contribution in [0.1, 0.15) is 73.4 Å². The molecule has 2 fully saturated rings. The van der Waals surface area contributed by atoms with Gasteiger partial charge in [-0.25, -0.2) is 0 Å². The number of phenolic OH excluding ortho intramolecular Hbond substituents is 1. The van der Waals surface area contributed by atoms with Crippen LogP contribution in [0, 0.1) is 17.3 Å². The normalized spacial score (nSPS) is 26.7. The number of carbonyl (C=O) groups is 2. The molecule has 0 amide bonds. The molecule has 1 N–H and O–H groups in total. The third kappa shape index (κ3) is 5.62. The van der Waals surface area contributed by atoms with Gasteiger partial charge in [0.2, 0.25) is 0 Å². The predicted octanol–water partition coefficient (Wildman–Crippen LogP) is 8.32. The Labute approximate surface area is 234 Å². The zero-order valence-corrected chi connectivity index (χ0v) is 23.3. The van der Waals surface area contributed by atoms with Crippen LogP contribution in [0.25, 0.3) is 11.1 Å². The van der Waals surface area contributed by atoms with Crippen molar-refractivity contribution >= 4 is 24.4 Å². The van der Waals surface area contributed by atoms with Crippen LogP contribution in [-0.2, 0) is 16.0 Å². The smallest absolute Gasteiger partial charge is 0.302 e. The number of aryl methyl sites for hydroxylation is 1. The Kier molecular flexibility index (Phi) is 8.13. The largest absolute Gasteiger partial charge is 0.508 e. The van der Waals surface area contributed by atoms with Gasteiger partial charge in [-0.15, -0.1) is 0 Å². The lowest BCUT2D eigenvalue weighted by Gasteiger charge is -2.50. The van der Waals surface area contributed by atoms with Crippen molar-refractivity contribution in [3.63, 3.8) is 0 Å². The van der Waals surface area contributed by atoms with Gasteiger partial charge < -0.3 is 9.84 Å². The van der Waals surface area contributed by atoms with Crippen molar-refractivity contribution in [2.45, 2.75) is 69.3 Å². The molecule has 0 radical (unpaired) electrons. The Hall–Kier alpha value is -3.12. The molecule has 0 saturated heterocycles. The standard InChI is InChI=1S/C20H26O3.C13H9FOS/c1-12(21)23-19-8-7-18-17-5-3-13-11-14(22)4-6-15(13)16(17)9-10-20(18,19)2;14-16-13-7-5-12(6-8-13)11-3-1-10(9-15)2-4-11/h4,6,11,16-19,22H,3,5,7-10H2,1-2H3;1-9H. The molecule has 5 atom stereocenters. The van der Waals surface area contributed by atoms with Crippen molar-refractivity contribution in [2.24, 2.45) is 17.3 Å². The van der Waals surface area contributed by atoms with Gasteiger partial charge in [0.25, 0.3) is 0 Å². The van der Waals surface area contributed by atoms with Crippen LogP contribution in [0.3, 0.4) is 0 Å². The number of phenols is 1. The summed E-state index contributed by atoms with van der Waals surface area (Å²) in [5.74, 6) is 2.23.